The molecule has 1 aromatic heterocycles. The Morgan fingerprint density at radius 3 is 2.41 bits per heavy atom. The number of benzene rings is 1. The van der Waals surface area contributed by atoms with Crippen molar-refractivity contribution in [3.63, 3.8) is 0 Å². The van der Waals surface area contributed by atoms with Gasteiger partial charge in [-0.3, -0.25) is 19.2 Å². The molecule has 2 unspecified atom stereocenters. The maximum Gasteiger partial charge on any atom is 0.413 e. The molecule has 2 N–H and O–H groups in total. The number of carbonyl (C=O) groups excluding carboxylic acids is 5. The topological polar surface area (TPSA) is 191 Å². The molecule has 4 saturated carbocycles. The molecule has 0 radical (unpaired) electrons. The largest absolute Gasteiger partial charge is 0.492 e. The van der Waals surface area contributed by atoms with Gasteiger partial charge in [-0.2, -0.15) is 0 Å². The van der Waals surface area contributed by atoms with Crippen LogP contribution in [0.25, 0.3) is 10.9 Å². The molecule has 1 saturated heterocycles. The first-order chi connectivity index (χ1) is 29.6. The van der Waals surface area contributed by atoms with Crippen molar-refractivity contribution in [2.24, 2.45) is 28.6 Å². The Kier molecular flexibility index (Phi) is 11.0. The molecule has 10 atom stereocenters. The Morgan fingerprint density at radius 1 is 1.05 bits per heavy atom. The van der Waals surface area contributed by atoms with Crippen LogP contribution in [0.1, 0.15) is 96.5 Å². The van der Waals surface area contributed by atoms with Crippen molar-refractivity contribution in [1.29, 1.82) is 0 Å². The maximum absolute atomic E-state index is 17.7. The lowest BCUT2D eigenvalue weighted by molar-refractivity contribution is -0.219. The zero-order valence-corrected chi connectivity index (χ0v) is 36.6. The summed E-state index contributed by atoms with van der Waals surface area (Å²) in [6.07, 6.45) is 4.29. The summed E-state index contributed by atoms with van der Waals surface area (Å²) >= 11 is 0. The molecule has 8 rings (SSSR count). The van der Waals surface area contributed by atoms with Gasteiger partial charge in [-0.05, 0) is 82.4 Å². The number of nitrogens with zero attached hydrogens (tertiary/aromatic N) is 3. The number of anilines is 1. The number of hydrogen-bond donors (Lipinski definition) is 2. The molecule has 5 aliphatic carbocycles. The average molecular weight is 880 g/mol. The van der Waals surface area contributed by atoms with Crippen molar-refractivity contribution in [2.45, 2.75) is 116 Å². The summed E-state index contributed by atoms with van der Waals surface area (Å²) in [6.45, 7) is 8.91. The van der Waals surface area contributed by atoms with Crippen molar-refractivity contribution in [1.82, 2.24) is 9.47 Å². The summed E-state index contributed by atoms with van der Waals surface area (Å²) in [5, 5.41) is 24.0. The number of aliphatic hydroxyl groups is 2. The predicted molar refractivity (Wildman–Crippen MR) is 222 cm³/mol. The molecule has 5 fully saturated rings. The smallest absolute Gasteiger partial charge is 0.413 e. The van der Waals surface area contributed by atoms with Crippen molar-refractivity contribution in [2.75, 3.05) is 38.3 Å². The number of amides is 1. The second-order valence-electron chi connectivity index (χ2n) is 18.9. The Bertz CT molecular complexity index is 2430. The van der Waals surface area contributed by atoms with Crippen LogP contribution in [0.2, 0.25) is 0 Å². The lowest BCUT2D eigenvalue weighted by Crippen LogP contribution is -2.69. The van der Waals surface area contributed by atoms with E-state index >= 15 is 8.78 Å². The zero-order chi connectivity index (χ0) is 45.7. The number of piperazine rings is 1. The van der Waals surface area contributed by atoms with E-state index in [4.69, 9.17) is 18.9 Å². The molecule has 63 heavy (non-hydrogen) atoms. The van der Waals surface area contributed by atoms with Gasteiger partial charge in [-0.25, -0.2) is 18.4 Å². The highest BCUT2D eigenvalue weighted by Gasteiger charge is 2.75. The first-order valence-corrected chi connectivity index (χ1v) is 21.7. The van der Waals surface area contributed by atoms with Gasteiger partial charge in [0.05, 0.1) is 24.1 Å². The number of methoxy groups -OCH3 is 1. The minimum atomic E-state index is -2.17. The van der Waals surface area contributed by atoms with Gasteiger partial charge < -0.3 is 43.5 Å². The fourth-order valence-electron chi connectivity index (χ4n) is 12.1. The summed E-state index contributed by atoms with van der Waals surface area (Å²) in [5.74, 6) is -5.63. The number of ketones is 2. The minimum Gasteiger partial charge on any atom is -0.492 e. The molecule has 1 aromatic carbocycles. The van der Waals surface area contributed by atoms with E-state index in [9.17, 15) is 39.0 Å². The molecule has 1 amide bonds. The Morgan fingerprint density at radius 2 is 1.76 bits per heavy atom. The molecule has 0 bridgehead atoms. The van der Waals surface area contributed by atoms with E-state index < -0.39 is 106 Å². The zero-order valence-electron chi connectivity index (χ0n) is 36.6. The Labute approximate surface area is 362 Å². The number of halogens is 2. The van der Waals surface area contributed by atoms with Crippen LogP contribution in [0.5, 0.6) is 5.75 Å². The van der Waals surface area contributed by atoms with Crippen LogP contribution in [-0.4, -0.2) is 112 Å². The number of alkyl halides is 1. The van der Waals surface area contributed by atoms with Gasteiger partial charge in [-0.1, -0.05) is 25.5 Å². The number of hydrogen-bond acceptors (Lipinski definition) is 13. The first kappa shape index (κ1) is 44.4. The van der Waals surface area contributed by atoms with Gasteiger partial charge in [-0.15, -0.1) is 0 Å². The number of fused-ring (bicyclic) bond motifs is 6. The van der Waals surface area contributed by atoms with E-state index in [1.807, 2.05) is 0 Å². The normalized spacial score (nSPS) is 34.0. The molecule has 1 aliphatic heterocycles. The highest BCUT2D eigenvalue weighted by atomic mass is 19.1. The molecule has 15 nitrogen and oxygen atoms in total. The van der Waals surface area contributed by atoms with Crippen LogP contribution in [-0.2, 0) is 28.6 Å². The van der Waals surface area contributed by atoms with E-state index in [2.05, 4.69) is 0 Å². The molecule has 2 aromatic rings. The van der Waals surface area contributed by atoms with Crippen LogP contribution in [0, 0.1) is 34.4 Å². The number of aliphatic hydroxyl groups excluding tert-OH is 1. The van der Waals surface area contributed by atoms with Gasteiger partial charge in [0.2, 0.25) is 17.5 Å². The highest BCUT2D eigenvalue weighted by molar-refractivity contribution is 6.01. The molecule has 6 aliphatic rings. The standard InChI is InChI=1S/C46H55F2N3O12/c1-23-16-33-32-11-8-27-17-29(53)12-13-43(27,5)45(32,48)35(54)19-44(33,6)46(23,59)36(55)22-61-41(57)31-21-51(28-9-10-28)37-30(39(31)56)18-34(47)38(40(37)60-7)49-14-15-50(24(2)20-49)42(58)63-26(4)62-25(3)52/h12-13,17-18,21,23-24,26,28,32-33,35,54,59H,8-11,14-16,19-20,22H2,1-7H3/t23-,24?,26?,32-,33-,35-,43-,44-,45-,46-/m1/s1. The van der Waals surface area contributed by atoms with Gasteiger partial charge in [0.15, 0.2) is 29.6 Å². The number of carbonyl (C=O) groups is 5. The minimum absolute atomic E-state index is 0.0511. The summed E-state index contributed by atoms with van der Waals surface area (Å²) in [5.41, 5.74) is -7.27. The predicted octanol–water partition coefficient (Wildman–Crippen LogP) is 5.11. The molecule has 2 heterocycles. The monoisotopic (exact) mass is 879 g/mol. The molecule has 17 heteroatoms. The maximum atomic E-state index is 17.7. The van der Waals surface area contributed by atoms with E-state index in [0.717, 1.165) is 6.07 Å². The van der Waals surface area contributed by atoms with Crippen molar-refractivity contribution in [3.05, 3.63) is 57.7 Å². The van der Waals surface area contributed by atoms with Gasteiger partial charge in [0.1, 0.15) is 16.9 Å². The van der Waals surface area contributed by atoms with E-state index in [0.29, 0.717) is 31.3 Å². The van der Waals surface area contributed by atoms with Crippen molar-refractivity contribution in [3.8, 4) is 5.75 Å². The van der Waals surface area contributed by atoms with Crippen molar-refractivity contribution >= 4 is 46.2 Å². The van der Waals surface area contributed by atoms with Gasteiger partial charge in [0, 0.05) is 68.5 Å². The number of allylic oxidation sites excluding steroid dienone is 4. The van der Waals surface area contributed by atoms with Gasteiger partial charge >= 0.3 is 18.0 Å². The summed E-state index contributed by atoms with van der Waals surface area (Å²) in [6, 6.07) is 0.383. The number of rotatable bonds is 9. The van der Waals surface area contributed by atoms with Crippen LogP contribution < -0.4 is 15.1 Å². The van der Waals surface area contributed by atoms with Crippen LogP contribution in [0.15, 0.2) is 40.9 Å². The number of Topliss-reactive ketones (excluding diaryl/α,β-unsaturated/α-hetero) is 1. The first-order valence-electron chi connectivity index (χ1n) is 21.7. The van der Waals surface area contributed by atoms with E-state index in [1.165, 1.54) is 50.3 Å². The van der Waals surface area contributed by atoms with Crippen LogP contribution in [0.3, 0.4) is 0 Å². The van der Waals surface area contributed by atoms with Gasteiger partial charge in [0.25, 0.3) is 0 Å². The van der Waals surface area contributed by atoms with Crippen LogP contribution >= 0.6 is 0 Å². The summed E-state index contributed by atoms with van der Waals surface area (Å²) < 4.78 is 57.2. The highest BCUT2D eigenvalue weighted by Crippen LogP contribution is 2.70. The van der Waals surface area contributed by atoms with E-state index in [-0.39, 0.29) is 66.6 Å². The second kappa shape index (κ2) is 15.5. The third kappa shape index (κ3) is 6.69. The third-order valence-corrected chi connectivity index (χ3v) is 15.3. The number of ether oxygens (including phenoxy) is 4. The Hall–Kier alpha value is -5.16. The lowest BCUT2D eigenvalue weighted by Gasteiger charge is -2.62. The molecule has 340 valence electrons. The second-order valence-corrected chi connectivity index (χ2v) is 18.9. The lowest BCUT2D eigenvalue weighted by atomic mass is 9.44. The molecular weight excluding hydrogens is 825 g/mol. The third-order valence-electron chi connectivity index (χ3n) is 15.3. The van der Waals surface area contributed by atoms with Crippen molar-refractivity contribution < 1.29 is 61.9 Å². The fourth-order valence-corrected chi connectivity index (χ4v) is 12.1. The summed E-state index contributed by atoms with van der Waals surface area (Å²) in [4.78, 5) is 81.8. The average Bonchev–Trinajstić information content (AvgIpc) is 4.04. The molecular formula is C46H55F2N3O12. The SMILES string of the molecule is COc1c(N2CCN(C(=O)OC(C)OC(C)=O)C(C)C2)c(F)cc2c(=O)c(C(=O)OCC(=O)[C@]3(O)[C@H](C)C[C@@H]4[C@H]5CCC6=CC(=O)C=C[C@@]6(C)[C@]5(F)[C@H](O)C[C@]43C)cn(C3CC3)c12. The van der Waals surface area contributed by atoms with Crippen LogP contribution in [0.4, 0.5) is 19.3 Å². The fraction of sp³-hybridized carbons (Fsp3) is 0.609. The Balaban J connectivity index is 1.03. The van der Waals surface area contributed by atoms with E-state index in [1.54, 1.807) is 37.2 Å². The quantitative estimate of drug-likeness (QED) is 0.250. The number of pyridine rings is 1. The molecule has 0 spiro atoms. The summed E-state index contributed by atoms with van der Waals surface area (Å²) in [7, 11) is 1.34. The number of esters is 2. The number of aromatic nitrogens is 1.